The monoisotopic (exact) mass is 311 g/mol. The van der Waals surface area contributed by atoms with E-state index in [4.69, 9.17) is 16.3 Å². The minimum Gasteiger partial charge on any atom is -0.497 e. The first-order valence-electron chi connectivity index (χ1n) is 6.69. The molecule has 0 atom stereocenters. The third kappa shape index (κ3) is 1.64. The van der Waals surface area contributed by atoms with Gasteiger partial charge in [-0.25, -0.2) is 0 Å². The Bertz CT molecular complexity index is 994. The number of halogens is 1. The molecular weight excluding hydrogens is 302 g/mol. The van der Waals surface area contributed by atoms with E-state index < -0.39 is 0 Å². The van der Waals surface area contributed by atoms with Crippen molar-refractivity contribution in [1.29, 1.82) is 0 Å². The number of carbonyl (C=O) groups excluding carboxylic acids is 2. The Morgan fingerprint density at radius 2 is 1.45 bits per heavy atom. The Morgan fingerprint density at radius 1 is 0.864 bits per heavy atom. The molecule has 22 heavy (non-hydrogen) atoms. The van der Waals surface area contributed by atoms with Gasteiger partial charge >= 0.3 is 0 Å². The van der Waals surface area contributed by atoms with Crippen LogP contribution in [-0.2, 0) is 0 Å². The molecule has 0 aliphatic carbocycles. The predicted molar refractivity (Wildman–Crippen MR) is 84.8 cm³/mol. The fraction of sp³-hybridized carbons (Fsp3) is 0.0588. The largest absolute Gasteiger partial charge is 0.497 e. The maximum atomic E-state index is 12.2. The van der Waals surface area contributed by atoms with Crippen molar-refractivity contribution in [1.82, 2.24) is 5.32 Å². The molecule has 4 rings (SSSR count). The Balaban J connectivity index is 2.30. The van der Waals surface area contributed by atoms with Crippen molar-refractivity contribution < 1.29 is 14.3 Å². The van der Waals surface area contributed by atoms with Gasteiger partial charge in [-0.2, -0.15) is 0 Å². The van der Waals surface area contributed by atoms with Crippen LogP contribution >= 0.6 is 11.6 Å². The molecule has 5 heteroatoms. The summed E-state index contributed by atoms with van der Waals surface area (Å²) in [4.78, 5) is 24.3. The summed E-state index contributed by atoms with van der Waals surface area (Å²) in [5.74, 6) is -0.0597. The number of rotatable bonds is 1. The third-order valence-electron chi connectivity index (χ3n) is 3.97. The molecule has 0 saturated carbocycles. The number of hydrogen-bond acceptors (Lipinski definition) is 3. The van der Waals surface area contributed by atoms with Crippen molar-refractivity contribution in [3.8, 4) is 5.75 Å². The van der Waals surface area contributed by atoms with Crippen LogP contribution in [0.2, 0.25) is 5.02 Å². The average molecular weight is 312 g/mol. The van der Waals surface area contributed by atoms with Crippen LogP contribution in [0.15, 0.2) is 36.4 Å². The summed E-state index contributed by atoms with van der Waals surface area (Å²) in [6.07, 6.45) is 0. The van der Waals surface area contributed by atoms with Gasteiger partial charge in [0.25, 0.3) is 11.8 Å². The molecule has 0 saturated heterocycles. The molecule has 4 nitrogen and oxygen atoms in total. The zero-order chi connectivity index (χ0) is 15.4. The van der Waals surface area contributed by atoms with Gasteiger partial charge in [-0.15, -0.1) is 0 Å². The zero-order valence-electron chi connectivity index (χ0n) is 11.6. The number of imide groups is 1. The van der Waals surface area contributed by atoms with E-state index in [1.54, 1.807) is 37.4 Å². The smallest absolute Gasteiger partial charge is 0.259 e. The highest BCUT2D eigenvalue weighted by Gasteiger charge is 2.31. The Kier molecular flexibility index (Phi) is 2.65. The standard InChI is InChI=1S/C17H10ClNO3/c1-22-9-3-5-11-13(7-9)12-6-8(18)2-4-10(12)14-15(11)17(21)19-16(14)20/h2-7H,1H3,(H,19,20,21). The predicted octanol–water partition coefficient (Wildman–Crippen LogP) is 3.54. The lowest BCUT2D eigenvalue weighted by molar-refractivity contribution is 0.0880. The van der Waals surface area contributed by atoms with Gasteiger partial charge < -0.3 is 4.74 Å². The van der Waals surface area contributed by atoms with E-state index in [0.29, 0.717) is 32.7 Å². The van der Waals surface area contributed by atoms with E-state index in [9.17, 15) is 9.59 Å². The van der Waals surface area contributed by atoms with E-state index in [-0.39, 0.29) is 11.8 Å². The Hall–Kier alpha value is -2.59. The van der Waals surface area contributed by atoms with Crippen molar-refractivity contribution in [2.24, 2.45) is 0 Å². The molecule has 3 aromatic carbocycles. The van der Waals surface area contributed by atoms with Crippen LogP contribution < -0.4 is 10.1 Å². The second-order valence-corrected chi connectivity index (χ2v) is 5.57. The van der Waals surface area contributed by atoms with Gasteiger partial charge in [0.2, 0.25) is 0 Å². The number of carbonyl (C=O) groups is 2. The summed E-state index contributed by atoms with van der Waals surface area (Å²) in [6.45, 7) is 0. The maximum absolute atomic E-state index is 12.2. The van der Waals surface area contributed by atoms with Crippen LogP contribution in [0.1, 0.15) is 20.7 Å². The number of amides is 2. The van der Waals surface area contributed by atoms with E-state index in [1.165, 1.54) is 0 Å². The lowest BCUT2D eigenvalue weighted by Crippen LogP contribution is -2.20. The fourth-order valence-electron chi connectivity index (χ4n) is 3.02. The number of nitrogens with one attached hydrogen (secondary N) is 1. The SMILES string of the molecule is COc1ccc2c3c(c4ccc(Cl)cc4c2c1)C(=O)NC3=O. The molecule has 1 aliphatic heterocycles. The summed E-state index contributed by atoms with van der Waals surface area (Å²) in [7, 11) is 1.58. The first-order chi connectivity index (χ1) is 10.6. The van der Waals surface area contributed by atoms with E-state index in [0.717, 1.165) is 10.8 Å². The molecule has 0 bridgehead atoms. The first kappa shape index (κ1) is 13.1. The van der Waals surface area contributed by atoms with Crippen molar-refractivity contribution in [2.45, 2.75) is 0 Å². The van der Waals surface area contributed by atoms with Crippen molar-refractivity contribution in [3.05, 3.63) is 52.5 Å². The van der Waals surface area contributed by atoms with Crippen LogP contribution in [-0.4, -0.2) is 18.9 Å². The second-order valence-electron chi connectivity index (χ2n) is 5.13. The molecular formula is C17H10ClNO3. The van der Waals surface area contributed by atoms with E-state index in [1.807, 2.05) is 6.07 Å². The Labute approximate surface area is 130 Å². The summed E-state index contributed by atoms with van der Waals surface area (Å²) in [5.41, 5.74) is 0.826. The van der Waals surface area contributed by atoms with Crippen LogP contribution in [0.3, 0.4) is 0 Å². The van der Waals surface area contributed by atoms with Gasteiger partial charge in [-0.1, -0.05) is 17.7 Å². The topological polar surface area (TPSA) is 55.4 Å². The summed E-state index contributed by atoms with van der Waals surface area (Å²) in [6, 6.07) is 10.7. The van der Waals surface area contributed by atoms with Gasteiger partial charge in [-0.05, 0) is 51.9 Å². The second kappa shape index (κ2) is 4.45. The highest BCUT2D eigenvalue weighted by molar-refractivity contribution is 6.36. The van der Waals surface area contributed by atoms with Crippen LogP contribution in [0, 0.1) is 0 Å². The fourth-order valence-corrected chi connectivity index (χ4v) is 3.19. The molecule has 0 radical (unpaired) electrons. The molecule has 108 valence electrons. The number of methoxy groups -OCH3 is 1. The number of ether oxygens (including phenoxy) is 1. The quantitative estimate of drug-likeness (QED) is 0.552. The lowest BCUT2D eigenvalue weighted by Gasteiger charge is -2.11. The summed E-state index contributed by atoms with van der Waals surface area (Å²) < 4.78 is 5.27. The highest BCUT2D eigenvalue weighted by Crippen LogP contribution is 2.37. The molecule has 1 heterocycles. The molecule has 1 N–H and O–H groups in total. The molecule has 0 unspecified atom stereocenters. The Morgan fingerprint density at radius 3 is 2.09 bits per heavy atom. The normalized spacial score (nSPS) is 13.5. The maximum Gasteiger partial charge on any atom is 0.259 e. The third-order valence-corrected chi connectivity index (χ3v) is 4.20. The van der Waals surface area contributed by atoms with Crippen molar-refractivity contribution in [3.63, 3.8) is 0 Å². The molecule has 1 aliphatic rings. The van der Waals surface area contributed by atoms with Crippen LogP contribution in [0.4, 0.5) is 0 Å². The first-order valence-corrected chi connectivity index (χ1v) is 7.06. The minimum atomic E-state index is -0.370. The van der Waals surface area contributed by atoms with Gasteiger partial charge in [0.1, 0.15) is 5.75 Å². The number of fused-ring (bicyclic) bond motifs is 6. The van der Waals surface area contributed by atoms with Gasteiger partial charge in [0.05, 0.1) is 18.2 Å². The molecule has 0 fully saturated rings. The lowest BCUT2D eigenvalue weighted by atomic mass is 9.92. The van der Waals surface area contributed by atoms with Gasteiger partial charge in [0.15, 0.2) is 0 Å². The number of benzene rings is 3. The molecule has 2 amide bonds. The van der Waals surface area contributed by atoms with E-state index >= 15 is 0 Å². The minimum absolute atomic E-state index is 0.369. The zero-order valence-corrected chi connectivity index (χ0v) is 12.3. The highest BCUT2D eigenvalue weighted by atomic mass is 35.5. The van der Waals surface area contributed by atoms with Crippen molar-refractivity contribution >= 4 is 45.0 Å². The van der Waals surface area contributed by atoms with E-state index in [2.05, 4.69) is 5.32 Å². The van der Waals surface area contributed by atoms with Crippen LogP contribution in [0.5, 0.6) is 5.75 Å². The van der Waals surface area contributed by atoms with Crippen molar-refractivity contribution in [2.75, 3.05) is 7.11 Å². The molecule has 0 aromatic heterocycles. The summed E-state index contributed by atoms with van der Waals surface area (Å²) >= 11 is 6.11. The van der Waals surface area contributed by atoms with Gasteiger partial charge in [0, 0.05) is 5.02 Å². The average Bonchev–Trinajstić information content (AvgIpc) is 2.82. The summed E-state index contributed by atoms with van der Waals surface area (Å²) in [5, 5.41) is 6.02. The molecule has 0 spiro atoms. The number of hydrogen-bond donors (Lipinski definition) is 1. The van der Waals surface area contributed by atoms with Crippen LogP contribution in [0.25, 0.3) is 21.5 Å². The molecule has 3 aromatic rings. The van der Waals surface area contributed by atoms with Gasteiger partial charge in [-0.3, -0.25) is 14.9 Å².